The summed E-state index contributed by atoms with van der Waals surface area (Å²) in [4.78, 5) is 15.4. The van der Waals surface area contributed by atoms with E-state index < -0.39 is 16.1 Å². The van der Waals surface area contributed by atoms with Gasteiger partial charge >= 0.3 is 0 Å². The van der Waals surface area contributed by atoms with Gasteiger partial charge in [0.2, 0.25) is 15.9 Å². The topological polar surface area (TPSA) is 69.7 Å². The van der Waals surface area contributed by atoms with Gasteiger partial charge in [0.25, 0.3) is 0 Å². The van der Waals surface area contributed by atoms with Gasteiger partial charge in [-0.05, 0) is 42.0 Å². The number of carbonyl (C=O) groups is 1. The van der Waals surface area contributed by atoms with E-state index in [0.29, 0.717) is 37.0 Å². The number of nitrogens with one attached hydrogen (secondary N) is 1. The Hall–Kier alpha value is -2.22. The summed E-state index contributed by atoms with van der Waals surface area (Å²) in [5, 5.41) is 3.12. The van der Waals surface area contributed by atoms with Crippen molar-refractivity contribution in [3.63, 3.8) is 0 Å². The second-order valence-electron chi connectivity index (χ2n) is 8.76. The average molecular weight is 442 g/mol. The predicted molar refractivity (Wildman–Crippen MR) is 121 cm³/mol. The quantitative estimate of drug-likeness (QED) is 0.717. The number of hydrogen-bond acceptors (Lipinski definition) is 4. The lowest BCUT2D eigenvalue weighted by Gasteiger charge is -2.38. The number of amides is 1. The monoisotopic (exact) mass is 441 g/mol. The molecule has 1 amide bonds. The van der Waals surface area contributed by atoms with Crippen LogP contribution in [0.1, 0.15) is 49.8 Å². The molecule has 6 nitrogen and oxygen atoms in total. The molecule has 1 aliphatic heterocycles. The Balaban J connectivity index is 1.47. The fourth-order valence-corrected chi connectivity index (χ4v) is 5.47. The number of carbonyl (C=O) groups excluding carboxylic acids is 1. The van der Waals surface area contributed by atoms with Crippen LogP contribution in [0.3, 0.4) is 0 Å². The van der Waals surface area contributed by atoms with E-state index in [1.54, 1.807) is 12.1 Å². The highest BCUT2D eigenvalue weighted by Crippen LogP contribution is 2.27. The molecule has 1 atom stereocenters. The first-order valence-electron chi connectivity index (χ1n) is 11.1. The Morgan fingerprint density at radius 1 is 0.903 bits per heavy atom. The zero-order chi connectivity index (χ0) is 22.0. The molecule has 166 valence electrons. The lowest BCUT2D eigenvalue weighted by atomic mass is 10.0. The van der Waals surface area contributed by atoms with Crippen LogP contribution in [0, 0.1) is 0 Å². The molecule has 1 aliphatic carbocycles. The van der Waals surface area contributed by atoms with Gasteiger partial charge in [0.1, 0.15) is 6.04 Å². The van der Waals surface area contributed by atoms with Gasteiger partial charge < -0.3 is 5.32 Å². The molecule has 2 aromatic carbocycles. The van der Waals surface area contributed by atoms with Gasteiger partial charge in [-0.3, -0.25) is 9.69 Å². The van der Waals surface area contributed by atoms with Crippen LogP contribution < -0.4 is 5.32 Å². The van der Waals surface area contributed by atoms with Crippen molar-refractivity contribution in [2.45, 2.75) is 49.6 Å². The van der Waals surface area contributed by atoms with Crippen molar-refractivity contribution in [1.29, 1.82) is 0 Å². The Kier molecular flexibility index (Phi) is 6.46. The number of piperazine rings is 1. The van der Waals surface area contributed by atoms with E-state index in [-0.39, 0.29) is 11.9 Å². The van der Waals surface area contributed by atoms with Gasteiger partial charge in [-0.25, -0.2) is 8.42 Å². The normalized spacial score (nSPS) is 19.3. The van der Waals surface area contributed by atoms with Crippen LogP contribution in [0.2, 0.25) is 0 Å². The SMILES string of the molecule is CC(C)c1ccc(S(=O)(=O)N2CCN([C@@H](C(=O)NC3CC3)c3ccccc3)CC2)cc1. The molecule has 1 saturated carbocycles. The van der Waals surface area contributed by atoms with Crippen molar-refractivity contribution >= 4 is 15.9 Å². The van der Waals surface area contributed by atoms with Gasteiger partial charge in [-0.15, -0.1) is 0 Å². The van der Waals surface area contributed by atoms with Gasteiger partial charge in [0.05, 0.1) is 4.90 Å². The fraction of sp³-hybridized carbons (Fsp3) is 0.458. The molecule has 0 unspecified atom stereocenters. The molecule has 4 rings (SSSR count). The third kappa shape index (κ3) is 5.00. The molecule has 0 radical (unpaired) electrons. The lowest BCUT2D eigenvalue weighted by molar-refractivity contribution is -0.127. The van der Waals surface area contributed by atoms with E-state index in [1.165, 1.54) is 4.31 Å². The summed E-state index contributed by atoms with van der Waals surface area (Å²) in [6, 6.07) is 16.8. The van der Waals surface area contributed by atoms with Crippen molar-refractivity contribution < 1.29 is 13.2 Å². The van der Waals surface area contributed by atoms with Crippen LogP contribution in [-0.2, 0) is 14.8 Å². The highest BCUT2D eigenvalue weighted by molar-refractivity contribution is 7.89. The maximum atomic E-state index is 13.1. The second-order valence-corrected chi connectivity index (χ2v) is 10.7. The fourth-order valence-electron chi connectivity index (χ4n) is 4.05. The molecule has 2 aliphatic rings. The molecule has 1 N–H and O–H groups in total. The third-order valence-corrected chi connectivity index (χ3v) is 8.02. The minimum Gasteiger partial charge on any atom is -0.352 e. The number of nitrogens with zero attached hydrogens (tertiary/aromatic N) is 2. The summed E-state index contributed by atoms with van der Waals surface area (Å²) in [6.07, 6.45) is 2.07. The number of benzene rings is 2. The zero-order valence-electron chi connectivity index (χ0n) is 18.2. The molecule has 0 aromatic heterocycles. The van der Waals surface area contributed by atoms with Crippen molar-refractivity contribution in [2.75, 3.05) is 26.2 Å². The molecular formula is C24H31N3O3S. The van der Waals surface area contributed by atoms with Crippen LogP contribution in [0.25, 0.3) is 0 Å². The maximum Gasteiger partial charge on any atom is 0.243 e. The first kappa shape index (κ1) is 22.0. The van der Waals surface area contributed by atoms with Crippen molar-refractivity contribution in [3.05, 3.63) is 65.7 Å². The van der Waals surface area contributed by atoms with Crippen LogP contribution in [0.5, 0.6) is 0 Å². The Morgan fingerprint density at radius 3 is 2.06 bits per heavy atom. The number of rotatable bonds is 7. The minimum absolute atomic E-state index is 0.00859. The van der Waals surface area contributed by atoms with E-state index in [1.807, 2.05) is 42.5 Å². The van der Waals surface area contributed by atoms with Crippen molar-refractivity contribution in [1.82, 2.24) is 14.5 Å². The van der Waals surface area contributed by atoms with Gasteiger partial charge in [0, 0.05) is 32.2 Å². The summed E-state index contributed by atoms with van der Waals surface area (Å²) in [5.74, 6) is 0.367. The predicted octanol–water partition coefficient (Wildman–Crippen LogP) is 3.14. The van der Waals surface area contributed by atoms with Crippen LogP contribution in [-0.4, -0.2) is 55.8 Å². The highest BCUT2D eigenvalue weighted by atomic mass is 32.2. The molecule has 7 heteroatoms. The van der Waals surface area contributed by atoms with Gasteiger partial charge in [-0.1, -0.05) is 56.3 Å². The molecule has 0 spiro atoms. The standard InChI is InChI=1S/C24H31N3O3S/c1-18(2)19-8-12-22(13-9-19)31(29,30)27-16-14-26(15-17-27)23(20-6-4-3-5-7-20)24(28)25-21-10-11-21/h3-9,12-13,18,21,23H,10-11,14-17H2,1-2H3,(H,25,28)/t23-/m1/s1. The molecule has 2 aromatic rings. The second kappa shape index (κ2) is 9.10. The smallest absolute Gasteiger partial charge is 0.243 e. The van der Waals surface area contributed by atoms with E-state index in [0.717, 1.165) is 24.0 Å². The van der Waals surface area contributed by atoms with E-state index in [2.05, 4.69) is 24.1 Å². The summed E-state index contributed by atoms with van der Waals surface area (Å²) in [7, 11) is -3.54. The van der Waals surface area contributed by atoms with Crippen LogP contribution >= 0.6 is 0 Å². The van der Waals surface area contributed by atoms with E-state index in [9.17, 15) is 13.2 Å². The molecule has 31 heavy (non-hydrogen) atoms. The largest absolute Gasteiger partial charge is 0.352 e. The molecular weight excluding hydrogens is 410 g/mol. The Bertz CT molecular complexity index is 994. The Labute approximate surface area is 185 Å². The average Bonchev–Trinajstić information content (AvgIpc) is 3.59. The zero-order valence-corrected chi connectivity index (χ0v) is 19.0. The molecule has 1 saturated heterocycles. The minimum atomic E-state index is -3.54. The molecule has 1 heterocycles. The maximum absolute atomic E-state index is 13.1. The first-order chi connectivity index (χ1) is 14.9. The summed E-state index contributed by atoms with van der Waals surface area (Å²) < 4.78 is 27.8. The first-order valence-corrected chi connectivity index (χ1v) is 12.5. The number of sulfonamides is 1. The Morgan fingerprint density at radius 2 is 1.52 bits per heavy atom. The van der Waals surface area contributed by atoms with Gasteiger partial charge in [0.15, 0.2) is 0 Å². The summed E-state index contributed by atoms with van der Waals surface area (Å²) >= 11 is 0. The van der Waals surface area contributed by atoms with Crippen molar-refractivity contribution in [2.24, 2.45) is 0 Å². The molecule has 2 fully saturated rings. The summed E-state index contributed by atoms with van der Waals surface area (Å²) in [6.45, 7) is 5.95. The van der Waals surface area contributed by atoms with Gasteiger partial charge in [-0.2, -0.15) is 4.31 Å². The molecule has 0 bridgehead atoms. The van der Waals surface area contributed by atoms with E-state index >= 15 is 0 Å². The van der Waals surface area contributed by atoms with Crippen LogP contribution in [0.15, 0.2) is 59.5 Å². The summed E-state index contributed by atoms with van der Waals surface area (Å²) in [5.41, 5.74) is 2.07. The number of hydrogen-bond donors (Lipinski definition) is 1. The third-order valence-electron chi connectivity index (χ3n) is 6.11. The highest BCUT2D eigenvalue weighted by Gasteiger charge is 2.36. The lowest BCUT2D eigenvalue weighted by Crippen LogP contribution is -2.52. The van der Waals surface area contributed by atoms with E-state index in [4.69, 9.17) is 0 Å². The van der Waals surface area contributed by atoms with Crippen LogP contribution in [0.4, 0.5) is 0 Å². The van der Waals surface area contributed by atoms with Crippen molar-refractivity contribution in [3.8, 4) is 0 Å².